The predicted octanol–water partition coefficient (Wildman–Crippen LogP) is 5.23. The van der Waals surface area contributed by atoms with Gasteiger partial charge in [0.15, 0.2) is 0 Å². The molecule has 150 valence electrons. The van der Waals surface area contributed by atoms with E-state index in [1.54, 1.807) is 24.3 Å². The van der Waals surface area contributed by atoms with Gasteiger partial charge in [0.25, 0.3) is 5.91 Å². The fourth-order valence-electron chi connectivity index (χ4n) is 5.31. The van der Waals surface area contributed by atoms with Crippen LogP contribution in [0.5, 0.6) is 0 Å². The van der Waals surface area contributed by atoms with Crippen LogP contribution < -0.4 is 5.32 Å². The van der Waals surface area contributed by atoms with E-state index >= 15 is 0 Å². The first-order chi connectivity index (χ1) is 14.0. The Bertz CT molecular complexity index is 1050. The summed E-state index contributed by atoms with van der Waals surface area (Å²) in [7, 11) is 0. The predicted molar refractivity (Wildman–Crippen MR) is 111 cm³/mol. The summed E-state index contributed by atoms with van der Waals surface area (Å²) in [4.78, 5) is 17.0. The fourth-order valence-corrected chi connectivity index (χ4v) is 5.43. The summed E-state index contributed by atoms with van der Waals surface area (Å²) in [6, 6.07) is 12.4. The number of rotatable bonds is 5. The number of nitrogens with one attached hydrogen (secondary N) is 1. The van der Waals surface area contributed by atoms with Gasteiger partial charge < -0.3 is 9.88 Å². The molecule has 5 atom stereocenters. The lowest BCUT2D eigenvalue weighted by Gasteiger charge is -2.22. The van der Waals surface area contributed by atoms with Crippen LogP contribution in [0.15, 0.2) is 48.8 Å². The Morgan fingerprint density at radius 1 is 1.24 bits per heavy atom. The van der Waals surface area contributed by atoms with Gasteiger partial charge in [0.2, 0.25) is 0 Å². The van der Waals surface area contributed by atoms with Gasteiger partial charge in [0.05, 0.1) is 17.4 Å². The van der Waals surface area contributed by atoms with Crippen LogP contribution >= 0.6 is 11.6 Å². The Balaban J connectivity index is 1.25. The molecule has 0 aliphatic heterocycles. The average Bonchev–Trinajstić information content (AvgIpc) is 3.06. The summed E-state index contributed by atoms with van der Waals surface area (Å²) in [5, 5.41) is 3.87. The highest BCUT2D eigenvalue weighted by molar-refractivity contribution is 6.30. The Kier molecular flexibility index (Phi) is 4.58. The molecule has 0 saturated heterocycles. The number of carbonyl (C=O) groups excluding carboxylic acids is 1. The van der Waals surface area contributed by atoms with E-state index in [0.717, 1.165) is 24.8 Å². The largest absolute Gasteiger partial charge is 0.349 e. The van der Waals surface area contributed by atoms with Crippen molar-refractivity contribution in [3.8, 4) is 0 Å². The summed E-state index contributed by atoms with van der Waals surface area (Å²) in [5.74, 6) is 1.53. The van der Waals surface area contributed by atoms with E-state index in [1.165, 1.54) is 12.1 Å². The van der Waals surface area contributed by atoms with Crippen molar-refractivity contribution < 1.29 is 9.18 Å². The second-order valence-corrected chi connectivity index (χ2v) is 8.75. The van der Waals surface area contributed by atoms with E-state index in [4.69, 9.17) is 11.6 Å². The van der Waals surface area contributed by atoms with Crippen LogP contribution in [-0.4, -0.2) is 21.5 Å². The monoisotopic (exact) mass is 411 g/mol. The molecule has 5 rings (SSSR count). The zero-order valence-corrected chi connectivity index (χ0v) is 16.9. The number of fused-ring (bicyclic) bond motifs is 2. The molecule has 1 heterocycles. The van der Waals surface area contributed by atoms with Crippen molar-refractivity contribution in [3.63, 3.8) is 0 Å². The van der Waals surface area contributed by atoms with E-state index in [9.17, 15) is 9.18 Å². The summed E-state index contributed by atoms with van der Waals surface area (Å²) >= 11 is 5.92. The highest BCUT2D eigenvalue weighted by atomic mass is 35.5. The maximum atomic E-state index is 13.4. The van der Waals surface area contributed by atoms with Gasteiger partial charge in [0.1, 0.15) is 5.82 Å². The maximum absolute atomic E-state index is 13.4. The van der Waals surface area contributed by atoms with Gasteiger partial charge in [-0.05, 0) is 73.4 Å². The molecule has 3 unspecified atom stereocenters. The smallest absolute Gasteiger partial charge is 0.251 e. The Morgan fingerprint density at radius 2 is 1.97 bits per heavy atom. The minimum absolute atomic E-state index is 0.0299. The van der Waals surface area contributed by atoms with Crippen LogP contribution in [0.3, 0.4) is 0 Å². The minimum atomic E-state index is -0.251. The summed E-state index contributed by atoms with van der Waals surface area (Å²) in [5.41, 5.74) is 2.36. The maximum Gasteiger partial charge on any atom is 0.251 e. The molecule has 2 aliphatic carbocycles. The lowest BCUT2D eigenvalue weighted by molar-refractivity contribution is 0.0927. The van der Waals surface area contributed by atoms with Gasteiger partial charge in [-0.25, -0.2) is 9.37 Å². The van der Waals surface area contributed by atoms with E-state index in [0.29, 0.717) is 39.9 Å². The quantitative estimate of drug-likeness (QED) is 0.624. The second kappa shape index (κ2) is 7.13. The van der Waals surface area contributed by atoms with Gasteiger partial charge >= 0.3 is 0 Å². The molecule has 1 N–H and O–H groups in total. The molecule has 1 aromatic heterocycles. The van der Waals surface area contributed by atoms with Crippen molar-refractivity contribution in [2.45, 2.75) is 38.3 Å². The van der Waals surface area contributed by atoms with Gasteiger partial charge in [-0.3, -0.25) is 4.79 Å². The molecule has 0 radical (unpaired) electrons. The topological polar surface area (TPSA) is 46.9 Å². The summed E-state index contributed by atoms with van der Waals surface area (Å²) < 4.78 is 15.6. The van der Waals surface area contributed by atoms with Crippen LogP contribution in [0.4, 0.5) is 4.39 Å². The van der Waals surface area contributed by atoms with Crippen molar-refractivity contribution in [1.29, 1.82) is 0 Å². The van der Waals surface area contributed by atoms with Crippen LogP contribution in [0.2, 0.25) is 5.02 Å². The van der Waals surface area contributed by atoms with E-state index < -0.39 is 0 Å². The van der Waals surface area contributed by atoms with E-state index in [2.05, 4.69) is 21.8 Å². The first kappa shape index (κ1) is 18.6. The van der Waals surface area contributed by atoms with Crippen LogP contribution in [-0.2, 0) is 0 Å². The number of imidazole rings is 1. The van der Waals surface area contributed by atoms with Crippen molar-refractivity contribution in [1.82, 2.24) is 14.9 Å². The zero-order chi connectivity index (χ0) is 20.1. The SMILES string of the molecule is CCC(NC(=O)c1ccc(Cl)cc1)C1[C@H]2CC(n3cnc4cc(F)ccc43)C[C@@H]12. The summed E-state index contributed by atoms with van der Waals surface area (Å²) in [6.45, 7) is 2.14. The first-order valence-corrected chi connectivity index (χ1v) is 10.6. The van der Waals surface area contributed by atoms with Crippen molar-refractivity contribution in [2.75, 3.05) is 0 Å². The number of halogens is 2. The summed E-state index contributed by atoms with van der Waals surface area (Å²) in [6.07, 6.45) is 4.94. The first-order valence-electron chi connectivity index (χ1n) is 10.2. The standard InChI is InChI=1S/C23H23ClFN3O/c1-2-19(27-23(29)13-3-5-14(24)6-4-13)22-17-10-16(11-18(17)22)28-12-26-20-9-15(25)7-8-21(20)28/h3-9,12,16-19,22H,2,10-11H2,1H3,(H,27,29)/t16?,17-,18+,19?,22?. The minimum Gasteiger partial charge on any atom is -0.349 e. The van der Waals surface area contributed by atoms with Gasteiger partial charge in [-0.15, -0.1) is 0 Å². The Labute approximate surface area is 174 Å². The number of nitrogens with zero attached hydrogens (tertiary/aromatic N) is 2. The van der Waals surface area contributed by atoms with E-state index in [-0.39, 0.29) is 17.8 Å². The lowest BCUT2D eigenvalue weighted by atomic mass is 9.99. The van der Waals surface area contributed by atoms with Crippen molar-refractivity contribution in [2.24, 2.45) is 17.8 Å². The molecule has 1 amide bonds. The zero-order valence-electron chi connectivity index (χ0n) is 16.2. The molecule has 3 aromatic rings. The number of hydrogen-bond acceptors (Lipinski definition) is 2. The van der Waals surface area contributed by atoms with Crippen molar-refractivity contribution in [3.05, 3.63) is 65.2 Å². The van der Waals surface area contributed by atoms with Crippen LogP contribution in [0.25, 0.3) is 11.0 Å². The Morgan fingerprint density at radius 3 is 2.66 bits per heavy atom. The fraction of sp³-hybridized carbons (Fsp3) is 0.391. The third-order valence-corrected chi connectivity index (χ3v) is 7.00. The molecule has 4 nitrogen and oxygen atoms in total. The number of aromatic nitrogens is 2. The number of hydrogen-bond donors (Lipinski definition) is 1. The number of amides is 1. The highest BCUT2D eigenvalue weighted by Crippen LogP contribution is 2.62. The molecular formula is C23H23ClFN3O. The lowest BCUT2D eigenvalue weighted by Crippen LogP contribution is -2.37. The normalized spacial score (nSPS) is 26.3. The van der Waals surface area contributed by atoms with E-state index in [1.807, 2.05) is 12.4 Å². The molecule has 2 fully saturated rings. The molecule has 6 heteroatoms. The molecule has 29 heavy (non-hydrogen) atoms. The van der Waals surface area contributed by atoms with Crippen LogP contribution in [0, 0.1) is 23.6 Å². The molecular weight excluding hydrogens is 389 g/mol. The highest BCUT2D eigenvalue weighted by Gasteiger charge is 2.59. The molecule has 2 saturated carbocycles. The Hall–Kier alpha value is -2.40. The molecule has 0 spiro atoms. The van der Waals surface area contributed by atoms with Gasteiger partial charge in [-0.2, -0.15) is 0 Å². The number of benzene rings is 2. The second-order valence-electron chi connectivity index (χ2n) is 8.31. The van der Waals surface area contributed by atoms with Crippen molar-refractivity contribution >= 4 is 28.5 Å². The third-order valence-electron chi connectivity index (χ3n) is 6.74. The van der Waals surface area contributed by atoms with Gasteiger partial charge in [0, 0.05) is 28.7 Å². The molecule has 0 bridgehead atoms. The third kappa shape index (κ3) is 3.31. The van der Waals surface area contributed by atoms with Crippen LogP contribution in [0.1, 0.15) is 42.6 Å². The average molecular weight is 412 g/mol. The van der Waals surface area contributed by atoms with Gasteiger partial charge in [-0.1, -0.05) is 18.5 Å². The molecule has 2 aromatic carbocycles. The molecule has 2 aliphatic rings. The number of carbonyl (C=O) groups is 1.